The second-order valence-corrected chi connectivity index (χ2v) is 7.86. The lowest BCUT2D eigenvalue weighted by atomic mass is 10.1. The van der Waals surface area contributed by atoms with Crippen LogP contribution in [0, 0.1) is 0 Å². The molecular formula is C20H31N5O5. The summed E-state index contributed by atoms with van der Waals surface area (Å²) in [5, 5.41) is 27.4. The van der Waals surface area contributed by atoms with E-state index in [0.717, 1.165) is 18.5 Å². The fourth-order valence-electron chi connectivity index (χ4n) is 3.70. The third-order valence-corrected chi connectivity index (χ3v) is 5.44. The van der Waals surface area contributed by atoms with Gasteiger partial charge in [0.15, 0.2) is 0 Å². The standard InChI is InChI=1S/C20H31N5O5/c1-2-3-4-5-6-7-8-15-12-24(23-22-15)10-14-11-25(20(29)21-19(14)28)18-9-16(27)17(13-26)30-18/h11-12,16-18,26-27H,2-10,13H2,1H3,(H,21,28,29)/t16-,17+,18+/m0/s1. The minimum atomic E-state index is -0.873. The Morgan fingerprint density at radius 3 is 2.70 bits per heavy atom. The average Bonchev–Trinajstić information content (AvgIpc) is 3.32. The number of unbranched alkanes of at least 4 members (excludes halogenated alkanes) is 5. The molecule has 1 aliphatic rings. The largest absolute Gasteiger partial charge is 0.394 e. The first-order valence-corrected chi connectivity index (χ1v) is 10.7. The first kappa shape index (κ1) is 22.4. The van der Waals surface area contributed by atoms with Crippen molar-refractivity contribution in [2.45, 2.75) is 83.3 Å². The third-order valence-electron chi connectivity index (χ3n) is 5.44. The van der Waals surface area contributed by atoms with Crippen molar-refractivity contribution < 1.29 is 14.9 Å². The van der Waals surface area contributed by atoms with E-state index in [1.165, 1.54) is 42.9 Å². The molecule has 0 bridgehead atoms. The molecule has 30 heavy (non-hydrogen) atoms. The lowest BCUT2D eigenvalue weighted by Gasteiger charge is -2.15. The van der Waals surface area contributed by atoms with Gasteiger partial charge in [0.1, 0.15) is 12.3 Å². The van der Waals surface area contributed by atoms with Crippen LogP contribution < -0.4 is 11.2 Å². The highest BCUT2D eigenvalue weighted by atomic mass is 16.5. The molecule has 3 heterocycles. The average molecular weight is 421 g/mol. The Kier molecular flexibility index (Phi) is 7.94. The predicted molar refractivity (Wildman–Crippen MR) is 109 cm³/mol. The van der Waals surface area contributed by atoms with Gasteiger partial charge in [0.25, 0.3) is 5.56 Å². The van der Waals surface area contributed by atoms with E-state index in [-0.39, 0.29) is 19.6 Å². The molecule has 10 nitrogen and oxygen atoms in total. The van der Waals surface area contributed by atoms with E-state index in [2.05, 4.69) is 22.2 Å². The maximum Gasteiger partial charge on any atom is 0.330 e. The number of ether oxygens (including phenoxy) is 1. The number of aromatic nitrogens is 5. The molecule has 0 saturated carbocycles. The van der Waals surface area contributed by atoms with Gasteiger partial charge in [-0.25, -0.2) is 9.48 Å². The Balaban J connectivity index is 1.62. The molecule has 1 saturated heterocycles. The third kappa shape index (κ3) is 5.65. The van der Waals surface area contributed by atoms with Crippen molar-refractivity contribution in [2.24, 2.45) is 0 Å². The Hall–Kier alpha value is -2.30. The molecule has 0 unspecified atom stereocenters. The van der Waals surface area contributed by atoms with Crippen molar-refractivity contribution in [2.75, 3.05) is 6.61 Å². The van der Waals surface area contributed by atoms with Crippen LogP contribution in [0.2, 0.25) is 0 Å². The fourth-order valence-corrected chi connectivity index (χ4v) is 3.70. The Labute approximate surface area is 174 Å². The van der Waals surface area contributed by atoms with Crippen LogP contribution in [0.3, 0.4) is 0 Å². The van der Waals surface area contributed by atoms with Crippen molar-refractivity contribution >= 4 is 0 Å². The zero-order chi connectivity index (χ0) is 21.5. The summed E-state index contributed by atoms with van der Waals surface area (Å²) >= 11 is 0. The molecule has 3 rings (SSSR count). The van der Waals surface area contributed by atoms with Gasteiger partial charge in [-0.3, -0.25) is 14.3 Å². The van der Waals surface area contributed by atoms with E-state index >= 15 is 0 Å². The van der Waals surface area contributed by atoms with E-state index in [4.69, 9.17) is 4.74 Å². The van der Waals surface area contributed by atoms with E-state index in [1.807, 2.05) is 6.20 Å². The van der Waals surface area contributed by atoms with E-state index in [9.17, 15) is 19.8 Å². The van der Waals surface area contributed by atoms with Gasteiger partial charge in [0.05, 0.1) is 30.5 Å². The smallest absolute Gasteiger partial charge is 0.330 e. The molecule has 0 aliphatic carbocycles. The Morgan fingerprint density at radius 2 is 1.97 bits per heavy atom. The summed E-state index contributed by atoms with van der Waals surface area (Å²) in [4.78, 5) is 26.7. The molecule has 3 N–H and O–H groups in total. The molecule has 2 aromatic rings. The summed E-state index contributed by atoms with van der Waals surface area (Å²) in [5.74, 6) is 0. The fraction of sp³-hybridized carbons (Fsp3) is 0.700. The van der Waals surface area contributed by atoms with Gasteiger partial charge < -0.3 is 14.9 Å². The number of rotatable bonds is 11. The summed E-state index contributed by atoms with van der Waals surface area (Å²) in [7, 11) is 0. The van der Waals surface area contributed by atoms with Crippen LogP contribution >= 0.6 is 0 Å². The number of aromatic amines is 1. The quantitative estimate of drug-likeness (QED) is 0.455. The highest BCUT2D eigenvalue weighted by molar-refractivity contribution is 5.07. The second-order valence-electron chi connectivity index (χ2n) is 7.86. The number of aliphatic hydroxyl groups is 2. The minimum absolute atomic E-state index is 0.155. The summed E-state index contributed by atoms with van der Waals surface area (Å²) in [5.41, 5.74) is 0.0859. The van der Waals surface area contributed by atoms with E-state index < -0.39 is 29.7 Å². The number of aliphatic hydroxyl groups excluding tert-OH is 2. The number of nitrogens with zero attached hydrogens (tertiary/aromatic N) is 4. The topological polar surface area (TPSA) is 135 Å². The van der Waals surface area contributed by atoms with Crippen LogP contribution in [0.4, 0.5) is 0 Å². The van der Waals surface area contributed by atoms with Crippen LogP contribution in [0.15, 0.2) is 22.0 Å². The molecule has 0 spiro atoms. The number of aryl methyl sites for hydroxylation is 1. The number of hydrogen-bond acceptors (Lipinski definition) is 7. The van der Waals surface area contributed by atoms with Crippen molar-refractivity contribution in [1.29, 1.82) is 0 Å². The van der Waals surface area contributed by atoms with Crippen molar-refractivity contribution in [1.82, 2.24) is 24.5 Å². The van der Waals surface area contributed by atoms with Crippen LogP contribution in [-0.4, -0.2) is 53.6 Å². The molecule has 166 valence electrons. The zero-order valence-corrected chi connectivity index (χ0v) is 17.4. The van der Waals surface area contributed by atoms with Gasteiger partial charge in [-0.05, 0) is 12.8 Å². The summed E-state index contributed by atoms with van der Waals surface area (Å²) < 4.78 is 8.34. The number of hydrogen-bond donors (Lipinski definition) is 3. The minimum Gasteiger partial charge on any atom is -0.394 e. The summed E-state index contributed by atoms with van der Waals surface area (Å²) in [6, 6.07) is 0. The van der Waals surface area contributed by atoms with Crippen molar-refractivity contribution in [3.05, 3.63) is 44.5 Å². The van der Waals surface area contributed by atoms with Gasteiger partial charge in [0, 0.05) is 18.8 Å². The van der Waals surface area contributed by atoms with Crippen molar-refractivity contribution in [3.8, 4) is 0 Å². The molecule has 10 heteroatoms. The van der Waals surface area contributed by atoms with Crippen LogP contribution in [-0.2, 0) is 17.7 Å². The van der Waals surface area contributed by atoms with Crippen molar-refractivity contribution in [3.63, 3.8) is 0 Å². The molecule has 1 aliphatic heterocycles. The molecule has 3 atom stereocenters. The van der Waals surface area contributed by atoms with Crippen LogP contribution in [0.25, 0.3) is 0 Å². The van der Waals surface area contributed by atoms with E-state index in [0.29, 0.717) is 5.56 Å². The first-order chi connectivity index (χ1) is 14.5. The first-order valence-electron chi connectivity index (χ1n) is 10.7. The maximum absolute atomic E-state index is 12.2. The van der Waals surface area contributed by atoms with E-state index in [1.54, 1.807) is 4.68 Å². The summed E-state index contributed by atoms with van der Waals surface area (Å²) in [6.07, 6.45) is 9.09. The van der Waals surface area contributed by atoms with Crippen LogP contribution in [0.1, 0.15) is 69.4 Å². The lowest BCUT2D eigenvalue weighted by Crippen LogP contribution is -2.34. The van der Waals surface area contributed by atoms with Gasteiger partial charge in [0.2, 0.25) is 0 Å². The highest BCUT2D eigenvalue weighted by Gasteiger charge is 2.35. The maximum atomic E-state index is 12.2. The number of nitrogens with one attached hydrogen (secondary N) is 1. The van der Waals surface area contributed by atoms with Gasteiger partial charge >= 0.3 is 5.69 Å². The molecule has 2 aromatic heterocycles. The van der Waals surface area contributed by atoms with Gasteiger partial charge in [-0.15, -0.1) is 5.10 Å². The SMILES string of the molecule is CCCCCCCCc1cn(Cc2cn([C@H]3C[C@H](O)[C@@H](CO)O3)c(=O)[nH]c2=O)nn1. The lowest BCUT2D eigenvalue weighted by molar-refractivity contribution is -0.0460. The van der Waals surface area contributed by atoms with Gasteiger partial charge in [-0.2, -0.15) is 0 Å². The highest BCUT2D eigenvalue weighted by Crippen LogP contribution is 2.27. The van der Waals surface area contributed by atoms with Gasteiger partial charge in [-0.1, -0.05) is 44.2 Å². The number of H-pyrrole nitrogens is 1. The summed E-state index contributed by atoms with van der Waals surface area (Å²) in [6.45, 7) is 2.02. The predicted octanol–water partition coefficient (Wildman–Crippen LogP) is 0.720. The molecule has 1 fully saturated rings. The Bertz CT molecular complexity index is 921. The molecule has 0 aromatic carbocycles. The Morgan fingerprint density at radius 1 is 1.20 bits per heavy atom. The molecule has 0 amide bonds. The normalized spacial score (nSPS) is 21.4. The van der Waals surface area contributed by atoms with Crippen LogP contribution in [0.5, 0.6) is 0 Å². The zero-order valence-electron chi connectivity index (χ0n) is 17.4. The molecular weight excluding hydrogens is 390 g/mol. The monoisotopic (exact) mass is 421 g/mol. The second kappa shape index (κ2) is 10.6. The molecule has 0 radical (unpaired) electrons.